The predicted molar refractivity (Wildman–Crippen MR) is 142 cm³/mol. The average molecular weight is 546 g/mol. The van der Waals surface area contributed by atoms with Gasteiger partial charge in [-0.2, -0.15) is 15.7 Å². The average Bonchev–Trinajstić information content (AvgIpc) is 3.53. The van der Waals surface area contributed by atoms with Crippen LogP contribution in [0.5, 0.6) is 0 Å². The van der Waals surface area contributed by atoms with E-state index in [4.69, 9.17) is 4.74 Å². The van der Waals surface area contributed by atoms with Crippen LogP contribution in [-0.2, 0) is 16.1 Å². The molecule has 3 amide bonds. The maximum atomic E-state index is 13.5. The van der Waals surface area contributed by atoms with Crippen molar-refractivity contribution in [2.45, 2.75) is 58.7 Å². The van der Waals surface area contributed by atoms with Gasteiger partial charge >= 0.3 is 6.09 Å². The first-order chi connectivity index (χ1) is 18.2. The Balaban J connectivity index is 1.28. The highest BCUT2D eigenvalue weighted by Gasteiger charge is 2.32. The SMILES string of the molecule is Cc1cc(F)nc(C)c1C(=O)NCCC(C)N1CCC(N(Cc2ccsc2)C(=O)CN2CCOC2=O)CC1. The van der Waals surface area contributed by atoms with E-state index in [1.807, 2.05) is 16.3 Å². The standard InChI is InChI=1S/C27H36FN5O4S/c1-18-14-23(28)30-20(3)25(18)26(35)29-8-4-19(2)31-9-5-22(6-10-31)33(15-21-7-13-38-17-21)24(34)16-32-11-12-37-27(32)36/h7,13-14,17,19,22H,4-6,8-12,15-16H2,1-3H3,(H,29,35). The van der Waals surface area contributed by atoms with Crippen LogP contribution in [0.2, 0.25) is 0 Å². The number of pyridine rings is 1. The molecular formula is C27H36FN5O4S. The molecule has 2 saturated heterocycles. The third-order valence-corrected chi connectivity index (χ3v) is 8.16. The van der Waals surface area contributed by atoms with E-state index in [-0.39, 0.29) is 30.4 Å². The topological polar surface area (TPSA) is 95.1 Å². The minimum absolute atomic E-state index is 0.0435. The van der Waals surface area contributed by atoms with Gasteiger partial charge in [-0.05, 0) is 74.1 Å². The molecule has 1 atom stereocenters. The van der Waals surface area contributed by atoms with Crippen LogP contribution in [0.1, 0.15) is 53.4 Å². The van der Waals surface area contributed by atoms with Gasteiger partial charge in [0, 0.05) is 38.3 Å². The number of cyclic esters (lactones) is 1. The minimum Gasteiger partial charge on any atom is -0.448 e. The number of thiophene rings is 1. The molecule has 4 heterocycles. The number of rotatable bonds is 10. The summed E-state index contributed by atoms with van der Waals surface area (Å²) in [5.41, 5.74) is 2.49. The lowest BCUT2D eigenvalue weighted by molar-refractivity contribution is -0.136. The van der Waals surface area contributed by atoms with Crippen molar-refractivity contribution >= 4 is 29.2 Å². The number of aromatic nitrogens is 1. The van der Waals surface area contributed by atoms with E-state index in [2.05, 4.69) is 27.5 Å². The summed E-state index contributed by atoms with van der Waals surface area (Å²) in [5.74, 6) is -0.865. The van der Waals surface area contributed by atoms with Crippen LogP contribution in [0.3, 0.4) is 0 Å². The number of amides is 3. The lowest BCUT2D eigenvalue weighted by Gasteiger charge is -2.41. The molecule has 0 saturated carbocycles. The fourth-order valence-corrected chi connectivity index (χ4v) is 5.92. The van der Waals surface area contributed by atoms with Gasteiger partial charge < -0.3 is 19.9 Å². The van der Waals surface area contributed by atoms with Crippen molar-refractivity contribution in [2.75, 3.05) is 39.3 Å². The lowest BCUT2D eigenvalue weighted by Crippen LogP contribution is -2.51. The largest absolute Gasteiger partial charge is 0.448 e. The van der Waals surface area contributed by atoms with Gasteiger partial charge in [0.2, 0.25) is 11.9 Å². The van der Waals surface area contributed by atoms with Crippen molar-refractivity contribution in [1.82, 2.24) is 25.0 Å². The van der Waals surface area contributed by atoms with Gasteiger partial charge in [0.1, 0.15) is 13.2 Å². The molecule has 2 aromatic heterocycles. The summed E-state index contributed by atoms with van der Waals surface area (Å²) < 4.78 is 18.5. The smallest absolute Gasteiger partial charge is 0.410 e. The highest BCUT2D eigenvalue weighted by atomic mass is 32.1. The quantitative estimate of drug-likeness (QED) is 0.460. The zero-order valence-corrected chi connectivity index (χ0v) is 23.1. The van der Waals surface area contributed by atoms with Gasteiger partial charge in [-0.3, -0.25) is 14.5 Å². The number of halogens is 1. The number of nitrogens with one attached hydrogen (secondary N) is 1. The van der Waals surface area contributed by atoms with Crippen molar-refractivity contribution in [3.05, 3.63) is 51.2 Å². The van der Waals surface area contributed by atoms with Crippen molar-refractivity contribution in [3.8, 4) is 0 Å². The number of carbonyl (C=O) groups excluding carboxylic acids is 3. The number of ether oxygens (including phenoxy) is 1. The lowest BCUT2D eigenvalue weighted by atomic mass is 10.00. The van der Waals surface area contributed by atoms with E-state index in [0.29, 0.717) is 43.1 Å². The molecule has 2 aromatic rings. The molecule has 9 nitrogen and oxygen atoms in total. The van der Waals surface area contributed by atoms with Crippen molar-refractivity contribution < 1.29 is 23.5 Å². The zero-order valence-electron chi connectivity index (χ0n) is 22.2. The molecule has 1 unspecified atom stereocenters. The molecule has 0 bridgehead atoms. The summed E-state index contributed by atoms with van der Waals surface area (Å²) in [5, 5.41) is 7.02. The number of hydrogen-bond acceptors (Lipinski definition) is 7. The first kappa shape index (κ1) is 28.0. The highest BCUT2D eigenvalue weighted by molar-refractivity contribution is 7.07. The minimum atomic E-state index is -0.581. The molecule has 2 aliphatic rings. The molecule has 4 rings (SSSR count). The third-order valence-electron chi connectivity index (χ3n) is 7.43. The molecule has 11 heteroatoms. The molecule has 0 aromatic carbocycles. The Hall–Kier alpha value is -3.05. The normalized spacial score (nSPS) is 17.4. The Morgan fingerprint density at radius 1 is 1.29 bits per heavy atom. The van der Waals surface area contributed by atoms with Gasteiger partial charge in [0.15, 0.2) is 0 Å². The molecule has 0 spiro atoms. The monoisotopic (exact) mass is 545 g/mol. The van der Waals surface area contributed by atoms with Crippen LogP contribution >= 0.6 is 11.3 Å². The summed E-state index contributed by atoms with van der Waals surface area (Å²) in [6, 6.07) is 3.66. The van der Waals surface area contributed by atoms with E-state index in [1.54, 1.807) is 25.2 Å². The van der Waals surface area contributed by atoms with Crippen LogP contribution in [0.4, 0.5) is 9.18 Å². The molecule has 2 fully saturated rings. The Labute approximate surface area is 226 Å². The summed E-state index contributed by atoms with van der Waals surface area (Å²) in [6.45, 7) is 9.05. The first-order valence-corrected chi connectivity index (χ1v) is 14.1. The van der Waals surface area contributed by atoms with Crippen LogP contribution in [-0.4, -0.2) is 89.0 Å². The Morgan fingerprint density at radius 2 is 2.05 bits per heavy atom. The van der Waals surface area contributed by atoms with Gasteiger partial charge in [-0.1, -0.05) is 0 Å². The second kappa shape index (κ2) is 12.7. The number of hydrogen-bond donors (Lipinski definition) is 1. The van der Waals surface area contributed by atoms with Crippen LogP contribution < -0.4 is 5.32 Å². The zero-order chi connectivity index (χ0) is 27.2. The van der Waals surface area contributed by atoms with Gasteiger partial charge in [0.25, 0.3) is 5.91 Å². The number of piperidine rings is 1. The maximum Gasteiger partial charge on any atom is 0.410 e. The second-order valence-electron chi connectivity index (χ2n) is 10.1. The first-order valence-electron chi connectivity index (χ1n) is 13.1. The number of nitrogens with zero attached hydrogens (tertiary/aromatic N) is 4. The van der Waals surface area contributed by atoms with Gasteiger partial charge in [0.05, 0.1) is 17.8 Å². The molecule has 1 N–H and O–H groups in total. The second-order valence-corrected chi connectivity index (χ2v) is 10.9. The molecule has 38 heavy (non-hydrogen) atoms. The summed E-state index contributed by atoms with van der Waals surface area (Å²) >= 11 is 1.61. The van der Waals surface area contributed by atoms with Crippen LogP contribution in [0.25, 0.3) is 0 Å². The molecule has 206 valence electrons. The number of likely N-dealkylation sites (tertiary alicyclic amines) is 1. The Bertz CT molecular complexity index is 1110. The maximum absolute atomic E-state index is 13.5. The van der Waals surface area contributed by atoms with E-state index in [1.165, 1.54) is 11.0 Å². The molecule has 2 aliphatic heterocycles. The summed E-state index contributed by atoms with van der Waals surface area (Å²) in [6.07, 6.45) is 2.04. The fourth-order valence-electron chi connectivity index (χ4n) is 5.26. The summed E-state index contributed by atoms with van der Waals surface area (Å²) in [4.78, 5) is 47.4. The van der Waals surface area contributed by atoms with E-state index in [0.717, 1.165) is 37.9 Å². The van der Waals surface area contributed by atoms with Crippen molar-refractivity contribution in [3.63, 3.8) is 0 Å². The van der Waals surface area contributed by atoms with Crippen LogP contribution in [0.15, 0.2) is 22.9 Å². The van der Waals surface area contributed by atoms with Crippen molar-refractivity contribution in [1.29, 1.82) is 0 Å². The Morgan fingerprint density at radius 3 is 2.68 bits per heavy atom. The molecule has 0 aliphatic carbocycles. The predicted octanol–water partition coefficient (Wildman–Crippen LogP) is 3.35. The van der Waals surface area contributed by atoms with Crippen LogP contribution in [0, 0.1) is 19.8 Å². The molecular weight excluding hydrogens is 509 g/mol. The van der Waals surface area contributed by atoms with Gasteiger partial charge in [-0.25, -0.2) is 9.78 Å². The van der Waals surface area contributed by atoms with E-state index < -0.39 is 12.0 Å². The van der Waals surface area contributed by atoms with E-state index in [9.17, 15) is 18.8 Å². The Kier molecular flexibility index (Phi) is 9.32. The van der Waals surface area contributed by atoms with Crippen molar-refractivity contribution in [2.24, 2.45) is 0 Å². The fraction of sp³-hybridized carbons (Fsp3) is 0.556. The summed E-state index contributed by atoms with van der Waals surface area (Å²) in [7, 11) is 0. The number of carbonyl (C=O) groups is 3. The third kappa shape index (κ3) is 6.87. The highest BCUT2D eigenvalue weighted by Crippen LogP contribution is 2.23. The van der Waals surface area contributed by atoms with E-state index >= 15 is 0 Å². The number of aryl methyl sites for hydroxylation is 2. The van der Waals surface area contributed by atoms with Gasteiger partial charge in [-0.15, -0.1) is 0 Å². The molecule has 0 radical (unpaired) electrons.